The number of nitrogens with zero attached hydrogens (tertiary/aromatic N) is 2. The molecule has 1 N–H and O–H groups in total. The zero-order valence-corrected chi connectivity index (χ0v) is 18.5. The fourth-order valence-electron chi connectivity index (χ4n) is 7.07. The van der Waals surface area contributed by atoms with E-state index in [-0.39, 0.29) is 0 Å². The van der Waals surface area contributed by atoms with Gasteiger partial charge < -0.3 is 0 Å². The van der Waals surface area contributed by atoms with Gasteiger partial charge in [0.2, 0.25) is 0 Å². The molecule has 29 heavy (non-hydrogen) atoms. The molecule has 5 rings (SSSR count). The fraction of sp³-hybridized carbons (Fsp3) is 0.769. The van der Waals surface area contributed by atoms with Gasteiger partial charge in [0.1, 0.15) is 0 Å². The Morgan fingerprint density at radius 2 is 1.86 bits per heavy atom. The third kappa shape index (κ3) is 4.29. The highest BCUT2D eigenvalue weighted by atomic mass is 15.7. The van der Waals surface area contributed by atoms with Gasteiger partial charge in [-0.3, -0.25) is 4.90 Å². The predicted octanol–water partition coefficient (Wildman–Crippen LogP) is 5.78. The predicted molar refractivity (Wildman–Crippen MR) is 121 cm³/mol. The highest BCUT2D eigenvalue weighted by Gasteiger charge is 2.37. The van der Waals surface area contributed by atoms with E-state index in [2.05, 4.69) is 40.6 Å². The van der Waals surface area contributed by atoms with Gasteiger partial charge in [0.05, 0.1) is 12.8 Å². The molecular weight excluding hydrogens is 354 g/mol. The van der Waals surface area contributed by atoms with Crippen molar-refractivity contribution in [3.05, 3.63) is 34.9 Å². The van der Waals surface area contributed by atoms with Gasteiger partial charge >= 0.3 is 0 Å². The molecule has 0 aromatic heterocycles. The van der Waals surface area contributed by atoms with Gasteiger partial charge in [0.15, 0.2) is 0 Å². The number of nitrogens with one attached hydrogen (secondary N) is 1. The Morgan fingerprint density at radius 3 is 2.69 bits per heavy atom. The molecule has 3 nitrogen and oxygen atoms in total. The standard InChI is InChI=1S/C26H41N3/c1-28-19-27-29(26(28)23-9-3-2-4-10-23)18-20-14-16-22(17-15-20)25-13-7-11-21-8-5-6-12-24(21)25/h5,8,14,22-23,25-27H,2-4,6-7,9-13,15-19H2,1H3. The lowest BCUT2D eigenvalue weighted by molar-refractivity contribution is 0.0639. The highest BCUT2D eigenvalue weighted by Crippen LogP contribution is 2.44. The van der Waals surface area contributed by atoms with Crippen LogP contribution >= 0.6 is 0 Å². The summed E-state index contributed by atoms with van der Waals surface area (Å²) in [5.41, 5.74) is 8.97. The zero-order valence-electron chi connectivity index (χ0n) is 18.5. The maximum absolute atomic E-state index is 3.72. The Labute approximate surface area is 178 Å². The quantitative estimate of drug-likeness (QED) is 0.609. The van der Waals surface area contributed by atoms with Crippen LogP contribution in [0.25, 0.3) is 0 Å². The minimum absolute atomic E-state index is 0.606. The summed E-state index contributed by atoms with van der Waals surface area (Å²) < 4.78 is 0. The van der Waals surface area contributed by atoms with Crippen molar-refractivity contribution in [2.75, 3.05) is 20.3 Å². The Balaban J connectivity index is 1.21. The molecule has 1 heterocycles. The number of rotatable bonds is 4. The number of allylic oxidation sites excluding steroid dienone is 5. The number of hydrogen-bond donors (Lipinski definition) is 1. The Morgan fingerprint density at radius 1 is 0.966 bits per heavy atom. The molecule has 0 amide bonds. The largest absolute Gasteiger partial charge is 0.276 e. The van der Waals surface area contributed by atoms with Gasteiger partial charge in [-0.25, -0.2) is 10.4 Å². The van der Waals surface area contributed by atoms with Crippen LogP contribution in [0.2, 0.25) is 0 Å². The molecule has 3 heteroatoms. The van der Waals surface area contributed by atoms with Crippen molar-refractivity contribution in [2.24, 2.45) is 17.8 Å². The van der Waals surface area contributed by atoms with Crippen LogP contribution in [0.4, 0.5) is 0 Å². The summed E-state index contributed by atoms with van der Waals surface area (Å²) in [6.45, 7) is 2.16. The molecule has 0 aromatic rings. The first kappa shape index (κ1) is 20.0. The van der Waals surface area contributed by atoms with Gasteiger partial charge in [0.25, 0.3) is 0 Å². The first-order valence-electron chi connectivity index (χ1n) is 12.6. The first-order chi connectivity index (χ1) is 14.3. The SMILES string of the molecule is CN1CNN(CC2=CCC(C3CCCC4=C3CCC=C4)CC2)C1C1CCCCC1. The van der Waals surface area contributed by atoms with Gasteiger partial charge in [-0.1, -0.05) is 48.6 Å². The van der Waals surface area contributed by atoms with Crippen molar-refractivity contribution in [1.82, 2.24) is 15.3 Å². The summed E-state index contributed by atoms with van der Waals surface area (Å²) in [6.07, 6.45) is 26.1. The average Bonchev–Trinajstić information content (AvgIpc) is 3.14. The van der Waals surface area contributed by atoms with E-state index in [1.165, 1.54) is 83.5 Å². The van der Waals surface area contributed by atoms with Crippen LogP contribution in [-0.2, 0) is 0 Å². The van der Waals surface area contributed by atoms with E-state index in [9.17, 15) is 0 Å². The summed E-state index contributed by atoms with van der Waals surface area (Å²) >= 11 is 0. The Kier molecular flexibility index (Phi) is 6.27. The van der Waals surface area contributed by atoms with Crippen molar-refractivity contribution >= 4 is 0 Å². The molecule has 0 radical (unpaired) electrons. The number of hydrazine groups is 1. The van der Waals surface area contributed by atoms with E-state index >= 15 is 0 Å². The van der Waals surface area contributed by atoms with Crippen molar-refractivity contribution in [1.29, 1.82) is 0 Å². The zero-order chi connectivity index (χ0) is 19.6. The minimum atomic E-state index is 0.606. The van der Waals surface area contributed by atoms with Gasteiger partial charge in [-0.05, 0) is 94.6 Å². The molecule has 3 unspecified atom stereocenters. The molecular formula is C26H41N3. The van der Waals surface area contributed by atoms with Crippen LogP contribution in [0.3, 0.4) is 0 Å². The van der Waals surface area contributed by atoms with Gasteiger partial charge in [-0.15, -0.1) is 0 Å². The summed E-state index contributed by atoms with van der Waals surface area (Å²) in [5, 5.41) is 2.59. The first-order valence-corrected chi connectivity index (χ1v) is 12.6. The van der Waals surface area contributed by atoms with Crippen molar-refractivity contribution in [3.63, 3.8) is 0 Å². The number of hydrogen-bond acceptors (Lipinski definition) is 3. The molecule has 1 aliphatic heterocycles. The molecule has 0 bridgehead atoms. The molecule has 160 valence electrons. The second-order valence-electron chi connectivity index (χ2n) is 10.4. The maximum atomic E-state index is 3.72. The molecule has 0 spiro atoms. The molecule has 1 saturated carbocycles. The third-order valence-electron chi connectivity index (χ3n) is 8.57. The van der Waals surface area contributed by atoms with E-state index < -0.39 is 0 Å². The van der Waals surface area contributed by atoms with Crippen LogP contribution in [0.15, 0.2) is 34.9 Å². The van der Waals surface area contributed by atoms with E-state index in [1.54, 1.807) is 11.1 Å². The average molecular weight is 396 g/mol. The Bertz CT molecular complexity index is 669. The van der Waals surface area contributed by atoms with Crippen molar-refractivity contribution in [2.45, 2.75) is 89.6 Å². The van der Waals surface area contributed by atoms with Gasteiger partial charge in [-0.2, -0.15) is 0 Å². The lowest BCUT2D eigenvalue weighted by Crippen LogP contribution is -2.46. The van der Waals surface area contributed by atoms with E-state index in [0.29, 0.717) is 6.17 Å². The third-order valence-corrected chi connectivity index (χ3v) is 8.57. The van der Waals surface area contributed by atoms with Crippen LogP contribution in [-0.4, -0.2) is 36.3 Å². The normalized spacial score (nSPS) is 35.1. The lowest BCUT2D eigenvalue weighted by Gasteiger charge is -2.38. The maximum Gasteiger partial charge on any atom is 0.0798 e. The van der Waals surface area contributed by atoms with Crippen molar-refractivity contribution in [3.8, 4) is 0 Å². The summed E-state index contributed by atoms with van der Waals surface area (Å²) in [4.78, 5) is 2.55. The van der Waals surface area contributed by atoms with E-state index in [4.69, 9.17) is 0 Å². The van der Waals surface area contributed by atoms with E-state index in [1.807, 2.05) is 5.57 Å². The summed E-state index contributed by atoms with van der Waals surface area (Å²) in [7, 11) is 2.31. The van der Waals surface area contributed by atoms with Crippen LogP contribution < -0.4 is 5.43 Å². The highest BCUT2D eigenvalue weighted by molar-refractivity contribution is 5.33. The van der Waals surface area contributed by atoms with Crippen LogP contribution in [0, 0.1) is 17.8 Å². The monoisotopic (exact) mass is 395 g/mol. The fourth-order valence-corrected chi connectivity index (χ4v) is 7.07. The molecule has 1 saturated heterocycles. The van der Waals surface area contributed by atoms with Gasteiger partial charge in [0, 0.05) is 6.54 Å². The molecule has 2 fully saturated rings. The smallest absolute Gasteiger partial charge is 0.0798 e. The van der Waals surface area contributed by atoms with E-state index in [0.717, 1.165) is 31.0 Å². The Hall–Kier alpha value is -0.900. The molecule has 5 aliphatic rings. The molecule has 0 aromatic carbocycles. The van der Waals surface area contributed by atoms with Crippen molar-refractivity contribution < 1.29 is 0 Å². The second-order valence-corrected chi connectivity index (χ2v) is 10.4. The minimum Gasteiger partial charge on any atom is -0.276 e. The van der Waals surface area contributed by atoms with Crippen LogP contribution in [0.5, 0.6) is 0 Å². The topological polar surface area (TPSA) is 18.5 Å². The summed E-state index contributed by atoms with van der Waals surface area (Å²) in [5.74, 6) is 2.64. The molecule has 3 atom stereocenters. The summed E-state index contributed by atoms with van der Waals surface area (Å²) in [6, 6.07) is 0. The van der Waals surface area contributed by atoms with Crippen LogP contribution in [0.1, 0.15) is 83.5 Å². The lowest BCUT2D eigenvalue weighted by atomic mass is 9.69. The second kappa shape index (κ2) is 9.08. The molecule has 4 aliphatic carbocycles.